The second-order valence-electron chi connectivity index (χ2n) is 1.81. The second-order valence-corrected chi connectivity index (χ2v) is 1.81. The molecule has 0 aromatic heterocycles. The molecule has 1 aromatic carbocycles. The lowest BCUT2D eigenvalue weighted by atomic mass is 10.2. The Balaban J connectivity index is 3.17. The third kappa shape index (κ3) is 1.25. The Labute approximate surface area is 52.1 Å². The molecular weight excluding hydrogens is 122 g/mol. The molecule has 2 heteroatoms. The fraction of sp³-hybridized carbons (Fsp3) is 0.143. The van der Waals surface area contributed by atoms with Crippen LogP contribution in [-0.4, -0.2) is 0 Å². The van der Waals surface area contributed by atoms with Crippen LogP contribution >= 0.6 is 0 Å². The smallest absolute Gasteiger partial charge is 0.159 e. The van der Waals surface area contributed by atoms with Crippen molar-refractivity contribution in [2.75, 3.05) is 0 Å². The van der Waals surface area contributed by atoms with E-state index in [1.807, 2.05) is 0 Å². The van der Waals surface area contributed by atoms with E-state index in [0.29, 0.717) is 5.56 Å². The Morgan fingerprint density at radius 2 is 2.00 bits per heavy atom. The van der Waals surface area contributed by atoms with Crippen molar-refractivity contribution in [3.05, 3.63) is 35.4 Å². The Hall–Kier alpha value is -0.920. The van der Waals surface area contributed by atoms with Crippen LogP contribution in [0, 0.1) is 24.6 Å². The van der Waals surface area contributed by atoms with Gasteiger partial charge in [-0.15, -0.1) is 0 Å². The summed E-state index contributed by atoms with van der Waals surface area (Å²) in [5.74, 6) is -1.66. The SMILES string of the molecule is Cc1[c]cc(F)c(F)c1. The molecule has 0 aliphatic carbocycles. The van der Waals surface area contributed by atoms with Crippen molar-refractivity contribution in [3.8, 4) is 0 Å². The first-order chi connectivity index (χ1) is 4.20. The van der Waals surface area contributed by atoms with Gasteiger partial charge in [0.15, 0.2) is 11.6 Å². The highest BCUT2D eigenvalue weighted by molar-refractivity contribution is 5.13. The highest BCUT2D eigenvalue weighted by atomic mass is 19.2. The summed E-state index contributed by atoms with van der Waals surface area (Å²) >= 11 is 0. The summed E-state index contributed by atoms with van der Waals surface area (Å²) in [7, 11) is 0. The van der Waals surface area contributed by atoms with E-state index < -0.39 is 11.6 Å². The molecule has 1 radical (unpaired) electrons. The standard InChI is InChI=1S/C7H5F2/c1-5-2-3-6(8)7(9)4-5/h3-4H,1H3. The molecule has 0 saturated heterocycles. The fourth-order valence-corrected chi connectivity index (χ4v) is 0.547. The summed E-state index contributed by atoms with van der Waals surface area (Å²) in [6.07, 6.45) is 0. The summed E-state index contributed by atoms with van der Waals surface area (Å²) in [5, 5.41) is 0. The van der Waals surface area contributed by atoms with Crippen molar-refractivity contribution >= 4 is 0 Å². The molecule has 0 spiro atoms. The van der Waals surface area contributed by atoms with Gasteiger partial charge in [-0.2, -0.15) is 0 Å². The number of aryl methyl sites for hydroxylation is 1. The van der Waals surface area contributed by atoms with Gasteiger partial charge in [-0.05, 0) is 30.7 Å². The van der Waals surface area contributed by atoms with E-state index in [0.717, 1.165) is 12.1 Å². The van der Waals surface area contributed by atoms with Crippen LogP contribution in [0.2, 0.25) is 0 Å². The van der Waals surface area contributed by atoms with Crippen LogP contribution in [0.3, 0.4) is 0 Å². The highest BCUT2D eigenvalue weighted by Gasteiger charge is 1.97. The van der Waals surface area contributed by atoms with Gasteiger partial charge in [0.1, 0.15) is 0 Å². The molecule has 0 amide bonds. The van der Waals surface area contributed by atoms with E-state index >= 15 is 0 Å². The van der Waals surface area contributed by atoms with E-state index in [9.17, 15) is 8.78 Å². The molecule has 0 saturated carbocycles. The molecule has 1 aromatic rings. The minimum absolute atomic E-state index is 0.605. The van der Waals surface area contributed by atoms with Crippen molar-refractivity contribution in [2.45, 2.75) is 6.92 Å². The molecule has 0 aliphatic rings. The molecule has 1 rings (SSSR count). The minimum Gasteiger partial charge on any atom is -0.204 e. The zero-order valence-corrected chi connectivity index (χ0v) is 4.91. The molecule has 0 N–H and O–H groups in total. The molecule has 0 unspecified atom stereocenters. The molecule has 0 nitrogen and oxygen atoms in total. The Bertz CT molecular complexity index is 218. The molecule has 0 fully saturated rings. The van der Waals surface area contributed by atoms with Crippen LogP contribution < -0.4 is 0 Å². The van der Waals surface area contributed by atoms with Gasteiger partial charge >= 0.3 is 0 Å². The maximum Gasteiger partial charge on any atom is 0.159 e. The van der Waals surface area contributed by atoms with E-state index in [-0.39, 0.29) is 0 Å². The predicted molar refractivity (Wildman–Crippen MR) is 29.9 cm³/mol. The lowest BCUT2D eigenvalue weighted by Crippen LogP contribution is -1.82. The number of benzene rings is 1. The van der Waals surface area contributed by atoms with Crippen LogP contribution in [0.15, 0.2) is 12.1 Å². The summed E-state index contributed by atoms with van der Waals surface area (Å²) in [4.78, 5) is 0. The van der Waals surface area contributed by atoms with E-state index in [1.54, 1.807) is 6.92 Å². The van der Waals surface area contributed by atoms with Crippen molar-refractivity contribution in [1.29, 1.82) is 0 Å². The first-order valence-corrected chi connectivity index (χ1v) is 2.53. The third-order valence-electron chi connectivity index (χ3n) is 0.998. The fourth-order valence-electron chi connectivity index (χ4n) is 0.547. The maximum atomic E-state index is 12.2. The van der Waals surface area contributed by atoms with Crippen molar-refractivity contribution < 1.29 is 8.78 Å². The first-order valence-electron chi connectivity index (χ1n) is 2.53. The number of hydrogen-bond acceptors (Lipinski definition) is 0. The van der Waals surface area contributed by atoms with Gasteiger partial charge in [-0.3, -0.25) is 0 Å². The maximum absolute atomic E-state index is 12.2. The average Bonchev–Trinajstić information content (AvgIpc) is 1.80. The monoisotopic (exact) mass is 127 g/mol. The van der Waals surface area contributed by atoms with Crippen molar-refractivity contribution in [1.82, 2.24) is 0 Å². The van der Waals surface area contributed by atoms with Crippen LogP contribution in [-0.2, 0) is 0 Å². The molecular formula is C7H5F2. The van der Waals surface area contributed by atoms with E-state index in [2.05, 4.69) is 6.07 Å². The van der Waals surface area contributed by atoms with Crippen LogP contribution in [0.1, 0.15) is 5.56 Å². The molecule has 47 valence electrons. The molecule has 0 atom stereocenters. The van der Waals surface area contributed by atoms with Gasteiger partial charge in [0.25, 0.3) is 0 Å². The number of halogens is 2. The zero-order valence-electron chi connectivity index (χ0n) is 4.91. The number of rotatable bonds is 0. The summed E-state index contributed by atoms with van der Waals surface area (Å²) in [6.45, 7) is 1.66. The summed E-state index contributed by atoms with van der Waals surface area (Å²) in [6, 6.07) is 4.62. The molecule has 0 heterocycles. The molecule has 9 heavy (non-hydrogen) atoms. The summed E-state index contributed by atoms with van der Waals surface area (Å²) in [5.41, 5.74) is 0.605. The van der Waals surface area contributed by atoms with Gasteiger partial charge in [-0.1, -0.05) is 0 Å². The van der Waals surface area contributed by atoms with Crippen molar-refractivity contribution in [3.63, 3.8) is 0 Å². The van der Waals surface area contributed by atoms with Crippen LogP contribution in [0.25, 0.3) is 0 Å². The predicted octanol–water partition coefficient (Wildman–Crippen LogP) is 2.07. The van der Waals surface area contributed by atoms with Gasteiger partial charge in [0.2, 0.25) is 0 Å². The Morgan fingerprint density at radius 3 is 2.44 bits per heavy atom. The third-order valence-corrected chi connectivity index (χ3v) is 0.998. The van der Waals surface area contributed by atoms with Gasteiger partial charge in [0.05, 0.1) is 0 Å². The lowest BCUT2D eigenvalue weighted by Gasteiger charge is -1.91. The van der Waals surface area contributed by atoms with Crippen LogP contribution in [0.4, 0.5) is 8.78 Å². The van der Waals surface area contributed by atoms with Gasteiger partial charge < -0.3 is 0 Å². The topological polar surface area (TPSA) is 0 Å². The first kappa shape index (κ1) is 6.20. The largest absolute Gasteiger partial charge is 0.204 e. The quantitative estimate of drug-likeness (QED) is 0.500. The Kier molecular flexibility index (Phi) is 1.47. The average molecular weight is 127 g/mol. The van der Waals surface area contributed by atoms with Gasteiger partial charge in [0, 0.05) is 0 Å². The minimum atomic E-state index is -0.847. The highest BCUT2D eigenvalue weighted by Crippen LogP contribution is 2.05. The van der Waals surface area contributed by atoms with E-state index in [4.69, 9.17) is 0 Å². The van der Waals surface area contributed by atoms with E-state index in [1.165, 1.54) is 0 Å². The number of hydrogen-bond donors (Lipinski definition) is 0. The Morgan fingerprint density at radius 1 is 1.33 bits per heavy atom. The normalized spacial score (nSPS) is 9.67. The van der Waals surface area contributed by atoms with Crippen molar-refractivity contribution in [2.24, 2.45) is 0 Å². The van der Waals surface area contributed by atoms with Gasteiger partial charge in [-0.25, -0.2) is 8.78 Å². The second kappa shape index (κ2) is 2.13. The molecule has 0 aliphatic heterocycles. The van der Waals surface area contributed by atoms with Crippen LogP contribution in [0.5, 0.6) is 0 Å². The molecule has 0 bridgehead atoms. The zero-order chi connectivity index (χ0) is 6.85. The lowest BCUT2D eigenvalue weighted by molar-refractivity contribution is 0.507. The summed E-state index contributed by atoms with van der Waals surface area (Å²) < 4.78 is 24.3.